The van der Waals surface area contributed by atoms with Crippen LogP contribution in [0.5, 0.6) is 0 Å². The summed E-state index contributed by atoms with van der Waals surface area (Å²) >= 11 is 0. The smallest absolute Gasteiger partial charge is 0.0837 e. The van der Waals surface area contributed by atoms with Gasteiger partial charge in [-0.25, -0.2) is 0 Å². The van der Waals surface area contributed by atoms with E-state index in [-0.39, 0.29) is 6.04 Å². The maximum atomic E-state index is 6.28. The summed E-state index contributed by atoms with van der Waals surface area (Å²) < 4.78 is 1.80. The molecule has 1 aromatic carbocycles. The Balaban J connectivity index is 1.86. The zero-order valence-electron chi connectivity index (χ0n) is 10.7. The van der Waals surface area contributed by atoms with E-state index in [0.717, 1.165) is 17.2 Å². The molecule has 0 aliphatic heterocycles. The van der Waals surface area contributed by atoms with E-state index in [0.29, 0.717) is 0 Å². The largest absolute Gasteiger partial charge is 0.319 e. The molecule has 0 radical (unpaired) electrons. The summed E-state index contributed by atoms with van der Waals surface area (Å²) in [5, 5.41) is 4.39. The highest BCUT2D eigenvalue weighted by Crippen LogP contribution is 2.37. The van der Waals surface area contributed by atoms with Crippen LogP contribution < -0.4 is 5.73 Å². The van der Waals surface area contributed by atoms with Gasteiger partial charge in [0.25, 0.3) is 0 Å². The van der Waals surface area contributed by atoms with Crippen LogP contribution in [0.1, 0.15) is 48.0 Å². The van der Waals surface area contributed by atoms with E-state index in [9.17, 15) is 0 Å². The van der Waals surface area contributed by atoms with Gasteiger partial charge in [0, 0.05) is 13.2 Å². The van der Waals surface area contributed by atoms with Gasteiger partial charge in [-0.2, -0.15) is 5.10 Å². The van der Waals surface area contributed by atoms with Gasteiger partial charge in [0.2, 0.25) is 0 Å². The first kappa shape index (κ1) is 11.5. The van der Waals surface area contributed by atoms with E-state index < -0.39 is 0 Å². The minimum atomic E-state index is -0.119. The maximum absolute atomic E-state index is 6.28. The number of aromatic nitrogens is 2. The lowest BCUT2D eigenvalue weighted by atomic mass is 9.79. The fourth-order valence-electron chi connectivity index (χ4n) is 2.52. The van der Waals surface area contributed by atoms with Crippen LogP contribution in [-0.2, 0) is 7.05 Å². The topological polar surface area (TPSA) is 43.8 Å². The normalized spacial score (nSPS) is 17.4. The van der Waals surface area contributed by atoms with Gasteiger partial charge in [-0.3, -0.25) is 4.68 Å². The molecule has 0 bridgehead atoms. The molecule has 3 heteroatoms. The molecule has 2 N–H and O–H groups in total. The summed E-state index contributed by atoms with van der Waals surface area (Å²) in [7, 11) is 1.92. The third-order valence-corrected chi connectivity index (χ3v) is 3.90. The van der Waals surface area contributed by atoms with Gasteiger partial charge in [0.1, 0.15) is 0 Å². The number of nitrogens with two attached hydrogens (primary N) is 1. The van der Waals surface area contributed by atoms with E-state index in [2.05, 4.69) is 29.4 Å². The van der Waals surface area contributed by atoms with Gasteiger partial charge < -0.3 is 5.73 Å². The molecule has 0 amide bonds. The van der Waals surface area contributed by atoms with E-state index in [1.54, 1.807) is 4.68 Å². The van der Waals surface area contributed by atoms with Crippen molar-refractivity contribution < 1.29 is 0 Å². The second kappa shape index (κ2) is 4.58. The second-order valence-electron chi connectivity index (χ2n) is 5.19. The fraction of sp³-hybridized carbons (Fsp3) is 0.400. The number of hydrogen-bond acceptors (Lipinski definition) is 2. The molecule has 1 aromatic heterocycles. The Labute approximate surface area is 108 Å². The SMILES string of the molecule is Cn1ccc(C(N)c2cccc(C3CCC3)c2)n1. The monoisotopic (exact) mass is 241 g/mol. The van der Waals surface area contributed by atoms with E-state index in [1.807, 2.05) is 19.3 Å². The molecule has 1 aliphatic rings. The Kier molecular flexibility index (Phi) is 2.92. The van der Waals surface area contributed by atoms with Crippen molar-refractivity contribution in [3.05, 3.63) is 53.3 Å². The van der Waals surface area contributed by atoms with Gasteiger partial charge in [0.05, 0.1) is 11.7 Å². The van der Waals surface area contributed by atoms with E-state index >= 15 is 0 Å². The van der Waals surface area contributed by atoms with E-state index in [1.165, 1.54) is 24.8 Å². The summed E-state index contributed by atoms with van der Waals surface area (Å²) in [5.41, 5.74) is 9.82. The average Bonchev–Trinajstić information content (AvgIpc) is 2.73. The molecule has 1 aliphatic carbocycles. The van der Waals surface area contributed by atoms with Crippen LogP contribution in [0, 0.1) is 0 Å². The van der Waals surface area contributed by atoms with Crippen molar-refractivity contribution in [1.82, 2.24) is 9.78 Å². The second-order valence-corrected chi connectivity index (χ2v) is 5.19. The summed E-state index contributed by atoms with van der Waals surface area (Å²) in [6, 6.07) is 10.6. The third kappa shape index (κ3) is 2.06. The zero-order chi connectivity index (χ0) is 12.5. The quantitative estimate of drug-likeness (QED) is 0.898. The summed E-state index contributed by atoms with van der Waals surface area (Å²) in [6.45, 7) is 0. The highest BCUT2D eigenvalue weighted by Gasteiger charge is 2.20. The predicted octanol–water partition coefficient (Wildman–Crippen LogP) is 2.74. The lowest BCUT2D eigenvalue weighted by Crippen LogP contribution is -2.14. The number of rotatable bonds is 3. The van der Waals surface area contributed by atoms with Gasteiger partial charge in [-0.15, -0.1) is 0 Å². The van der Waals surface area contributed by atoms with Crippen LogP contribution in [0.4, 0.5) is 0 Å². The standard InChI is InChI=1S/C15H19N3/c1-18-9-8-14(17-18)15(16)13-7-3-6-12(10-13)11-4-2-5-11/h3,6-11,15H,2,4-5,16H2,1H3. The van der Waals surface area contributed by atoms with Crippen LogP contribution in [0.2, 0.25) is 0 Å². The maximum Gasteiger partial charge on any atom is 0.0837 e. The van der Waals surface area contributed by atoms with Crippen LogP contribution in [0.15, 0.2) is 36.5 Å². The van der Waals surface area contributed by atoms with Crippen molar-refractivity contribution in [2.24, 2.45) is 12.8 Å². The number of nitrogens with zero attached hydrogens (tertiary/aromatic N) is 2. The van der Waals surface area contributed by atoms with Crippen molar-refractivity contribution in [3.63, 3.8) is 0 Å². The highest BCUT2D eigenvalue weighted by molar-refractivity contribution is 5.33. The molecule has 1 fully saturated rings. The Morgan fingerprint density at radius 3 is 2.78 bits per heavy atom. The van der Waals surface area contributed by atoms with Crippen LogP contribution in [0.25, 0.3) is 0 Å². The van der Waals surface area contributed by atoms with Crippen LogP contribution in [-0.4, -0.2) is 9.78 Å². The molecule has 1 heterocycles. The van der Waals surface area contributed by atoms with Crippen molar-refractivity contribution in [2.75, 3.05) is 0 Å². The molecule has 94 valence electrons. The summed E-state index contributed by atoms with van der Waals surface area (Å²) in [5.74, 6) is 0.751. The molecular formula is C15H19N3. The van der Waals surface area contributed by atoms with Crippen molar-refractivity contribution in [3.8, 4) is 0 Å². The number of benzene rings is 1. The minimum Gasteiger partial charge on any atom is -0.319 e. The third-order valence-electron chi connectivity index (χ3n) is 3.90. The highest BCUT2D eigenvalue weighted by atomic mass is 15.3. The lowest BCUT2D eigenvalue weighted by molar-refractivity contribution is 0.419. The molecule has 3 rings (SSSR count). The van der Waals surface area contributed by atoms with Crippen LogP contribution >= 0.6 is 0 Å². The Bertz CT molecular complexity index is 540. The lowest BCUT2D eigenvalue weighted by Gasteiger charge is -2.26. The van der Waals surface area contributed by atoms with Crippen molar-refractivity contribution in [2.45, 2.75) is 31.2 Å². The summed E-state index contributed by atoms with van der Waals surface area (Å²) in [4.78, 5) is 0. The molecule has 1 atom stereocenters. The molecular weight excluding hydrogens is 222 g/mol. The van der Waals surface area contributed by atoms with Crippen molar-refractivity contribution >= 4 is 0 Å². The Morgan fingerprint density at radius 2 is 2.17 bits per heavy atom. The van der Waals surface area contributed by atoms with Crippen LogP contribution in [0.3, 0.4) is 0 Å². The molecule has 1 saturated carbocycles. The Morgan fingerprint density at radius 1 is 1.33 bits per heavy atom. The molecule has 3 nitrogen and oxygen atoms in total. The first-order valence-corrected chi connectivity index (χ1v) is 6.59. The average molecular weight is 241 g/mol. The van der Waals surface area contributed by atoms with Crippen molar-refractivity contribution in [1.29, 1.82) is 0 Å². The van der Waals surface area contributed by atoms with Gasteiger partial charge >= 0.3 is 0 Å². The first-order chi connectivity index (χ1) is 8.74. The Hall–Kier alpha value is -1.61. The molecule has 1 unspecified atom stereocenters. The predicted molar refractivity (Wildman–Crippen MR) is 72.3 cm³/mol. The number of hydrogen-bond donors (Lipinski definition) is 1. The van der Waals surface area contributed by atoms with Gasteiger partial charge in [-0.05, 0) is 36.0 Å². The first-order valence-electron chi connectivity index (χ1n) is 6.59. The van der Waals surface area contributed by atoms with Gasteiger partial charge in [0.15, 0.2) is 0 Å². The van der Waals surface area contributed by atoms with Gasteiger partial charge in [-0.1, -0.05) is 30.7 Å². The molecule has 2 aromatic rings. The fourth-order valence-corrected chi connectivity index (χ4v) is 2.52. The molecule has 18 heavy (non-hydrogen) atoms. The summed E-state index contributed by atoms with van der Waals surface area (Å²) in [6.07, 6.45) is 5.94. The molecule has 0 saturated heterocycles. The number of aryl methyl sites for hydroxylation is 1. The van der Waals surface area contributed by atoms with E-state index in [4.69, 9.17) is 5.73 Å². The molecule has 0 spiro atoms. The minimum absolute atomic E-state index is 0.119. The zero-order valence-corrected chi connectivity index (χ0v) is 10.7.